The van der Waals surface area contributed by atoms with Gasteiger partial charge < -0.3 is 0 Å². The molecule has 1 aromatic heterocycles. The van der Waals surface area contributed by atoms with Crippen molar-refractivity contribution in [2.75, 3.05) is 0 Å². The summed E-state index contributed by atoms with van der Waals surface area (Å²) in [6.45, 7) is 3.15. The predicted octanol–water partition coefficient (Wildman–Crippen LogP) is 3.50. The van der Waals surface area contributed by atoms with E-state index in [1.165, 1.54) is 10.8 Å². The molecule has 0 N–H and O–H groups in total. The lowest BCUT2D eigenvalue weighted by Crippen LogP contribution is -2.32. The van der Waals surface area contributed by atoms with Gasteiger partial charge in [0.1, 0.15) is 0 Å². The molecule has 0 unspecified atom stereocenters. The molecular formula is C13H14BrN. The fraction of sp³-hybridized carbons (Fsp3) is 0.231. The van der Waals surface area contributed by atoms with E-state index in [2.05, 4.69) is 70.5 Å². The minimum atomic E-state index is 0.985. The number of hydrogen-bond donors (Lipinski definition) is 0. The highest BCUT2D eigenvalue weighted by atomic mass is 79.9. The third-order valence-electron chi connectivity index (χ3n) is 2.45. The van der Waals surface area contributed by atoms with E-state index in [1.807, 2.05) is 0 Å². The van der Waals surface area contributed by atoms with Crippen LogP contribution >= 0.6 is 15.9 Å². The Labute approximate surface area is 98.9 Å². The minimum Gasteiger partial charge on any atom is -0.265 e. The van der Waals surface area contributed by atoms with Crippen LogP contribution < -0.4 is 4.57 Å². The zero-order valence-corrected chi connectivity index (χ0v) is 10.4. The molecule has 78 valence electrons. The highest BCUT2D eigenvalue weighted by molar-refractivity contribution is 9.10. The number of rotatable bonds is 3. The van der Waals surface area contributed by atoms with Crippen LogP contribution in [0.3, 0.4) is 0 Å². The summed E-state index contributed by atoms with van der Waals surface area (Å²) in [5, 5.41) is 2.54. The van der Waals surface area contributed by atoms with E-state index < -0.39 is 0 Å². The summed E-state index contributed by atoms with van der Waals surface area (Å²) in [4.78, 5) is 0. The van der Waals surface area contributed by atoms with Gasteiger partial charge in [0.25, 0.3) is 0 Å². The molecular weight excluding hydrogens is 250 g/mol. The Kier molecular flexibility index (Phi) is 3.37. The first kappa shape index (κ1) is 10.6. The Bertz CT molecular complexity index is 465. The standard InChI is InChI=1S/C13H14BrN/c1-2-3-8-15-9-7-12-11(10-15)5-4-6-13(12)14/h3-7,9-10H,2,8H2,1H3. The van der Waals surface area contributed by atoms with Gasteiger partial charge in [0, 0.05) is 27.9 Å². The maximum atomic E-state index is 3.56. The van der Waals surface area contributed by atoms with Gasteiger partial charge >= 0.3 is 0 Å². The molecule has 0 aliphatic rings. The highest BCUT2D eigenvalue weighted by Gasteiger charge is 2.01. The van der Waals surface area contributed by atoms with Crippen molar-refractivity contribution in [3.63, 3.8) is 0 Å². The highest BCUT2D eigenvalue weighted by Crippen LogP contribution is 2.21. The first-order valence-electron chi connectivity index (χ1n) is 5.20. The number of benzene rings is 1. The molecule has 0 radical (unpaired) electrons. The van der Waals surface area contributed by atoms with Crippen molar-refractivity contribution < 1.29 is 4.57 Å². The van der Waals surface area contributed by atoms with Crippen molar-refractivity contribution in [2.24, 2.45) is 0 Å². The average Bonchev–Trinajstić information content (AvgIpc) is 2.26. The molecule has 1 heterocycles. The molecule has 0 atom stereocenters. The Morgan fingerprint density at radius 1 is 1.33 bits per heavy atom. The summed E-state index contributed by atoms with van der Waals surface area (Å²) in [5.74, 6) is 0. The smallest absolute Gasteiger partial charge is 0.174 e. The lowest BCUT2D eigenvalue weighted by Gasteiger charge is -2.05. The van der Waals surface area contributed by atoms with E-state index in [-0.39, 0.29) is 0 Å². The van der Waals surface area contributed by atoms with E-state index in [0.29, 0.717) is 0 Å². The maximum Gasteiger partial charge on any atom is 0.174 e. The zero-order valence-electron chi connectivity index (χ0n) is 8.78. The van der Waals surface area contributed by atoms with Crippen LogP contribution in [0.15, 0.2) is 41.1 Å². The second kappa shape index (κ2) is 4.75. The maximum absolute atomic E-state index is 3.56. The van der Waals surface area contributed by atoms with Crippen molar-refractivity contribution in [1.82, 2.24) is 0 Å². The van der Waals surface area contributed by atoms with Crippen molar-refractivity contribution in [3.8, 4) is 0 Å². The van der Waals surface area contributed by atoms with E-state index >= 15 is 0 Å². The van der Waals surface area contributed by atoms with Crippen LogP contribution in [-0.2, 0) is 6.54 Å². The van der Waals surface area contributed by atoms with Crippen LogP contribution in [0.25, 0.3) is 10.8 Å². The molecule has 0 amide bonds. The molecule has 1 aromatic carbocycles. The van der Waals surface area contributed by atoms with Crippen molar-refractivity contribution >= 4 is 26.7 Å². The van der Waals surface area contributed by atoms with Crippen molar-refractivity contribution in [3.05, 3.63) is 47.6 Å². The number of hydrogen-bond acceptors (Lipinski definition) is 0. The number of pyridine rings is 1. The minimum absolute atomic E-state index is 0.985. The number of aromatic nitrogens is 1. The number of fused-ring (bicyclic) bond motifs is 1. The van der Waals surface area contributed by atoms with Gasteiger partial charge in [-0.15, -0.1) is 0 Å². The van der Waals surface area contributed by atoms with Gasteiger partial charge in [0.05, 0.1) is 0 Å². The summed E-state index contributed by atoms with van der Waals surface area (Å²) >= 11 is 3.56. The molecule has 1 nitrogen and oxygen atoms in total. The van der Waals surface area contributed by atoms with Gasteiger partial charge in [-0.2, -0.15) is 6.42 Å². The molecule has 0 saturated carbocycles. The number of unbranched alkanes of at least 4 members (excludes halogenated alkanes) is 1. The predicted molar refractivity (Wildman–Crippen MR) is 66.4 cm³/mol. The van der Waals surface area contributed by atoms with E-state index in [1.54, 1.807) is 0 Å². The van der Waals surface area contributed by atoms with Crippen molar-refractivity contribution in [1.29, 1.82) is 0 Å². The third kappa shape index (κ3) is 2.37. The number of halogens is 1. The van der Waals surface area contributed by atoms with Gasteiger partial charge in [0.15, 0.2) is 12.4 Å². The van der Waals surface area contributed by atoms with Crippen LogP contribution in [0.2, 0.25) is 0 Å². The molecule has 2 rings (SSSR count). The molecule has 0 saturated heterocycles. The van der Waals surface area contributed by atoms with Crippen LogP contribution in [0.5, 0.6) is 0 Å². The largest absolute Gasteiger partial charge is 0.265 e. The molecule has 2 heteroatoms. The van der Waals surface area contributed by atoms with Crippen molar-refractivity contribution in [2.45, 2.75) is 19.9 Å². The lowest BCUT2D eigenvalue weighted by molar-refractivity contribution is -0.688. The summed E-state index contributed by atoms with van der Waals surface area (Å²) in [6.07, 6.45) is 7.69. The van der Waals surface area contributed by atoms with Crippen LogP contribution in [-0.4, -0.2) is 0 Å². The summed E-state index contributed by atoms with van der Waals surface area (Å²) < 4.78 is 3.37. The average molecular weight is 264 g/mol. The molecule has 2 aromatic rings. The summed E-state index contributed by atoms with van der Waals surface area (Å²) in [5.41, 5.74) is 0. The molecule has 0 spiro atoms. The monoisotopic (exact) mass is 263 g/mol. The van der Waals surface area contributed by atoms with Crippen LogP contribution in [0.4, 0.5) is 0 Å². The first-order valence-corrected chi connectivity index (χ1v) is 5.99. The van der Waals surface area contributed by atoms with Gasteiger partial charge in [-0.05, 0) is 12.1 Å². The Balaban J connectivity index is 2.39. The molecule has 0 fully saturated rings. The summed E-state index contributed by atoms with van der Waals surface area (Å²) in [6, 6.07) is 8.44. The van der Waals surface area contributed by atoms with Gasteiger partial charge in [-0.1, -0.05) is 28.9 Å². The van der Waals surface area contributed by atoms with Crippen LogP contribution in [0, 0.1) is 6.42 Å². The van der Waals surface area contributed by atoms with E-state index in [0.717, 1.165) is 17.4 Å². The normalized spacial score (nSPS) is 10.8. The van der Waals surface area contributed by atoms with Gasteiger partial charge in [-0.25, -0.2) is 4.57 Å². The fourth-order valence-corrected chi connectivity index (χ4v) is 2.14. The second-order valence-corrected chi connectivity index (χ2v) is 4.44. The molecule has 15 heavy (non-hydrogen) atoms. The third-order valence-corrected chi connectivity index (χ3v) is 3.14. The Morgan fingerprint density at radius 2 is 2.20 bits per heavy atom. The molecule has 0 bridgehead atoms. The van der Waals surface area contributed by atoms with E-state index in [9.17, 15) is 0 Å². The number of nitrogens with zero attached hydrogens (tertiary/aromatic N) is 1. The van der Waals surface area contributed by atoms with Crippen LogP contribution in [0.1, 0.15) is 13.3 Å². The summed E-state index contributed by atoms with van der Waals surface area (Å²) in [7, 11) is 0. The quantitative estimate of drug-likeness (QED) is 0.590. The lowest BCUT2D eigenvalue weighted by atomic mass is 10.2. The SMILES string of the molecule is CC[CH-]C[n+]1ccc2c(Br)cccc2c1. The zero-order chi connectivity index (χ0) is 10.7. The topological polar surface area (TPSA) is 3.88 Å². The molecule has 0 aliphatic heterocycles. The Morgan fingerprint density at radius 3 is 3.00 bits per heavy atom. The second-order valence-electron chi connectivity index (χ2n) is 3.58. The fourth-order valence-electron chi connectivity index (χ4n) is 1.63. The molecule has 0 aliphatic carbocycles. The van der Waals surface area contributed by atoms with E-state index in [4.69, 9.17) is 0 Å². The van der Waals surface area contributed by atoms with Gasteiger partial charge in [-0.3, -0.25) is 6.42 Å². The first-order chi connectivity index (χ1) is 7.31. The van der Waals surface area contributed by atoms with Gasteiger partial charge in [0.2, 0.25) is 0 Å². The Hall–Kier alpha value is -0.890.